The quantitative estimate of drug-likeness (QED) is 0.575. The Hall–Kier alpha value is -1.15. The lowest BCUT2D eigenvalue weighted by Gasteiger charge is -2.28. The number of amides is 2. The molecule has 1 fully saturated rings. The van der Waals surface area contributed by atoms with E-state index in [9.17, 15) is 22.8 Å². The summed E-state index contributed by atoms with van der Waals surface area (Å²) in [6, 6.07) is -0.526. The van der Waals surface area contributed by atoms with Gasteiger partial charge in [-0.3, -0.25) is 14.5 Å². The summed E-state index contributed by atoms with van der Waals surface area (Å²) in [7, 11) is 1.39. The van der Waals surface area contributed by atoms with Gasteiger partial charge < -0.3 is 10.1 Å². The Morgan fingerprint density at radius 2 is 2.11 bits per heavy atom. The molecule has 1 atom stereocenters. The van der Waals surface area contributed by atoms with Gasteiger partial charge in [0.2, 0.25) is 11.8 Å². The van der Waals surface area contributed by atoms with E-state index in [4.69, 9.17) is 0 Å². The number of alkyl halides is 3. The van der Waals surface area contributed by atoms with Crippen LogP contribution < -0.4 is 5.32 Å². The Bertz CT molecular complexity index is 320. The molecule has 0 aromatic heterocycles. The molecule has 1 saturated heterocycles. The zero-order valence-corrected chi connectivity index (χ0v) is 9.92. The molecule has 1 aliphatic heterocycles. The lowest BCUT2D eigenvalue weighted by atomic mass is 10.0. The summed E-state index contributed by atoms with van der Waals surface area (Å²) in [5.41, 5.74) is 0. The van der Waals surface area contributed by atoms with Crippen molar-refractivity contribution in [2.75, 3.05) is 26.8 Å². The summed E-state index contributed by atoms with van der Waals surface area (Å²) in [4.78, 5) is 23.8. The smallest absolute Gasteiger partial charge is 0.371 e. The number of ether oxygens (including phenoxy) is 1. The van der Waals surface area contributed by atoms with Crippen molar-refractivity contribution >= 4 is 11.8 Å². The third-order valence-electron chi connectivity index (χ3n) is 2.55. The number of rotatable bonds is 5. The number of carbonyl (C=O) groups excluding carboxylic acids is 2. The number of piperidine rings is 1. The Kier molecular flexibility index (Phi) is 5.09. The van der Waals surface area contributed by atoms with Crippen molar-refractivity contribution in [2.24, 2.45) is 0 Å². The molecular weight excluding hydrogens is 253 g/mol. The molecule has 8 heteroatoms. The van der Waals surface area contributed by atoms with Gasteiger partial charge in [-0.25, -0.2) is 0 Å². The molecule has 1 N–H and O–H groups in total. The van der Waals surface area contributed by atoms with Crippen LogP contribution in [0.15, 0.2) is 0 Å². The van der Waals surface area contributed by atoms with Crippen LogP contribution in [-0.2, 0) is 14.3 Å². The molecule has 2 amide bonds. The van der Waals surface area contributed by atoms with E-state index in [0.29, 0.717) is 6.42 Å². The summed E-state index contributed by atoms with van der Waals surface area (Å²) >= 11 is 0. The van der Waals surface area contributed by atoms with Crippen LogP contribution in [0.5, 0.6) is 0 Å². The van der Waals surface area contributed by atoms with Crippen molar-refractivity contribution in [3.8, 4) is 0 Å². The van der Waals surface area contributed by atoms with Gasteiger partial charge in [0.25, 0.3) is 0 Å². The van der Waals surface area contributed by atoms with Crippen molar-refractivity contribution in [3.05, 3.63) is 0 Å². The highest BCUT2D eigenvalue weighted by Gasteiger charge is 2.31. The van der Waals surface area contributed by atoms with Gasteiger partial charge in [0.1, 0.15) is 6.61 Å². The third kappa shape index (κ3) is 4.61. The van der Waals surface area contributed by atoms with Crippen LogP contribution in [0, 0.1) is 0 Å². The van der Waals surface area contributed by atoms with Crippen molar-refractivity contribution in [3.63, 3.8) is 0 Å². The molecule has 18 heavy (non-hydrogen) atoms. The molecule has 0 saturated carbocycles. The zero-order chi connectivity index (χ0) is 13.8. The van der Waals surface area contributed by atoms with Gasteiger partial charge in [0, 0.05) is 20.0 Å². The molecule has 5 nitrogen and oxygen atoms in total. The average Bonchev–Trinajstić information content (AvgIpc) is 2.27. The van der Waals surface area contributed by atoms with Crippen LogP contribution in [0.2, 0.25) is 0 Å². The van der Waals surface area contributed by atoms with Gasteiger partial charge in [-0.1, -0.05) is 0 Å². The standard InChI is InChI=1S/C10H15F3N2O3/c1-15-8(16)3-2-7(9(15)17)14-4-5-18-6-10(11,12)13/h7,14H,2-6H2,1H3. The van der Waals surface area contributed by atoms with Crippen LogP contribution in [0.4, 0.5) is 13.2 Å². The van der Waals surface area contributed by atoms with E-state index >= 15 is 0 Å². The fraction of sp³-hybridized carbons (Fsp3) is 0.800. The molecule has 0 radical (unpaired) electrons. The van der Waals surface area contributed by atoms with Crippen molar-refractivity contribution in [1.29, 1.82) is 0 Å². The van der Waals surface area contributed by atoms with E-state index in [1.165, 1.54) is 7.05 Å². The van der Waals surface area contributed by atoms with E-state index in [2.05, 4.69) is 10.1 Å². The third-order valence-corrected chi connectivity index (χ3v) is 2.55. The lowest BCUT2D eigenvalue weighted by Crippen LogP contribution is -2.52. The lowest BCUT2D eigenvalue weighted by molar-refractivity contribution is -0.173. The normalized spacial score (nSPS) is 21.6. The number of likely N-dealkylation sites (tertiary alicyclic amines) is 1. The maximum atomic E-state index is 11.8. The number of imide groups is 1. The summed E-state index contributed by atoms with van der Waals surface area (Å²) in [6.07, 6.45) is -3.72. The van der Waals surface area contributed by atoms with Crippen molar-refractivity contribution < 1.29 is 27.5 Å². The monoisotopic (exact) mass is 268 g/mol. The van der Waals surface area contributed by atoms with Gasteiger partial charge in [0.05, 0.1) is 12.6 Å². The van der Waals surface area contributed by atoms with Crippen LogP contribution in [0.3, 0.4) is 0 Å². The molecule has 0 spiro atoms. The highest BCUT2D eigenvalue weighted by atomic mass is 19.4. The van der Waals surface area contributed by atoms with E-state index < -0.39 is 18.8 Å². The minimum absolute atomic E-state index is 0.133. The van der Waals surface area contributed by atoms with Gasteiger partial charge in [-0.15, -0.1) is 0 Å². The maximum Gasteiger partial charge on any atom is 0.411 e. The highest BCUT2D eigenvalue weighted by molar-refractivity contribution is 6.00. The van der Waals surface area contributed by atoms with E-state index in [-0.39, 0.29) is 31.4 Å². The predicted molar refractivity (Wildman–Crippen MR) is 55.7 cm³/mol. The Balaban J connectivity index is 2.20. The number of hydrogen-bond donors (Lipinski definition) is 1. The molecule has 1 rings (SSSR count). The van der Waals surface area contributed by atoms with E-state index in [1.807, 2.05) is 0 Å². The van der Waals surface area contributed by atoms with Gasteiger partial charge in [0.15, 0.2) is 0 Å². The second-order valence-electron chi connectivity index (χ2n) is 4.00. The first kappa shape index (κ1) is 14.9. The second kappa shape index (κ2) is 6.14. The number of likely N-dealkylation sites (N-methyl/N-ethyl adjacent to an activating group) is 1. The Morgan fingerprint density at radius 3 is 2.72 bits per heavy atom. The second-order valence-corrected chi connectivity index (χ2v) is 4.00. The minimum Gasteiger partial charge on any atom is -0.371 e. The molecule has 1 aliphatic rings. The highest BCUT2D eigenvalue weighted by Crippen LogP contribution is 2.14. The number of hydrogen-bond acceptors (Lipinski definition) is 4. The molecule has 0 aromatic carbocycles. The molecule has 0 aliphatic carbocycles. The largest absolute Gasteiger partial charge is 0.411 e. The summed E-state index contributed by atoms with van der Waals surface area (Å²) in [5.74, 6) is -0.603. The van der Waals surface area contributed by atoms with Gasteiger partial charge in [-0.05, 0) is 6.42 Å². The SMILES string of the molecule is CN1C(=O)CCC(NCCOCC(F)(F)F)C1=O. The number of nitrogens with zero attached hydrogens (tertiary/aromatic N) is 1. The summed E-state index contributed by atoms with van der Waals surface area (Å²) in [5, 5.41) is 2.77. The van der Waals surface area contributed by atoms with E-state index in [0.717, 1.165) is 4.90 Å². The van der Waals surface area contributed by atoms with Crippen LogP contribution in [0.1, 0.15) is 12.8 Å². The number of carbonyl (C=O) groups is 2. The minimum atomic E-state index is -4.34. The first-order valence-corrected chi connectivity index (χ1v) is 5.49. The Labute approximate surface area is 102 Å². The molecule has 0 aromatic rings. The van der Waals surface area contributed by atoms with E-state index in [1.54, 1.807) is 0 Å². The van der Waals surface area contributed by atoms with Gasteiger partial charge in [-0.2, -0.15) is 13.2 Å². The first-order chi connectivity index (χ1) is 8.31. The molecule has 0 bridgehead atoms. The number of halogens is 3. The summed E-state index contributed by atoms with van der Waals surface area (Å²) < 4.78 is 39.6. The average molecular weight is 268 g/mol. The molecule has 104 valence electrons. The van der Waals surface area contributed by atoms with Crippen LogP contribution >= 0.6 is 0 Å². The Morgan fingerprint density at radius 1 is 1.44 bits per heavy atom. The van der Waals surface area contributed by atoms with Crippen LogP contribution in [0.25, 0.3) is 0 Å². The fourth-order valence-corrected chi connectivity index (χ4v) is 1.60. The molecular formula is C10H15F3N2O3. The predicted octanol–water partition coefficient (Wildman–Crippen LogP) is 0.302. The number of nitrogens with one attached hydrogen (secondary N) is 1. The molecule has 1 unspecified atom stereocenters. The molecule has 1 heterocycles. The topological polar surface area (TPSA) is 58.6 Å². The van der Waals surface area contributed by atoms with Crippen LogP contribution in [-0.4, -0.2) is 55.7 Å². The zero-order valence-electron chi connectivity index (χ0n) is 9.92. The van der Waals surface area contributed by atoms with Crippen molar-refractivity contribution in [1.82, 2.24) is 10.2 Å². The first-order valence-electron chi connectivity index (χ1n) is 5.49. The fourth-order valence-electron chi connectivity index (χ4n) is 1.60. The summed E-state index contributed by atoms with van der Waals surface area (Å²) in [6.45, 7) is -1.30. The van der Waals surface area contributed by atoms with Gasteiger partial charge >= 0.3 is 6.18 Å². The van der Waals surface area contributed by atoms with Crippen molar-refractivity contribution in [2.45, 2.75) is 25.1 Å². The maximum absolute atomic E-state index is 11.8.